The van der Waals surface area contributed by atoms with Crippen LogP contribution >= 0.6 is 16.1 Å². The van der Waals surface area contributed by atoms with Crippen LogP contribution in [0.25, 0.3) is 0 Å². The fourth-order valence-corrected chi connectivity index (χ4v) is 6.59. The normalized spacial score (nSPS) is 14.0. The molecule has 2 heterocycles. The maximum Gasteiger partial charge on any atom is 0.482 e. The quantitative estimate of drug-likeness (QED) is 0.0918. The lowest BCUT2D eigenvalue weighted by Gasteiger charge is -2.36. The Labute approximate surface area is 314 Å². The second kappa shape index (κ2) is 19.7. The number of amides is 4. The predicted molar refractivity (Wildman–Crippen MR) is 199 cm³/mol. The molecule has 0 bridgehead atoms. The van der Waals surface area contributed by atoms with E-state index in [2.05, 4.69) is 15.3 Å². The molecule has 0 saturated carbocycles. The highest BCUT2D eigenvalue weighted by molar-refractivity contribution is 7.61. The van der Waals surface area contributed by atoms with Crippen molar-refractivity contribution in [3.05, 3.63) is 83.4 Å². The molecule has 1 aliphatic heterocycles. The summed E-state index contributed by atoms with van der Waals surface area (Å²) in [5.41, 5.74) is 1.77. The lowest BCUT2D eigenvalue weighted by Crippen LogP contribution is -2.55. The number of ether oxygens (including phenoxy) is 1. The van der Waals surface area contributed by atoms with Crippen molar-refractivity contribution < 1.29 is 52.1 Å². The Morgan fingerprint density at radius 1 is 1.07 bits per heavy atom. The number of nitrogens with one attached hydrogen (secondary N) is 2. The molecule has 17 nitrogen and oxygen atoms in total. The van der Waals surface area contributed by atoms with Gasteiger partial charge in [-0.3, -0.25) is 33.4 Å². The van der Waals surface area contributed by atoms with Crippen LogP contribution in [0, 0.1) is 12.8 Å². The van der Waals surface area contributed by atoms with E-state index in [1.165, 1.54) is 30.5 Å². The average Bonchev–Trinajstić information content (AvgIpc) is 3.36. The van der Waals surface area contributed by atoms with Gasteiger partial charge >= 0.3 is 20.8 Å². The molecule has 0 aliphatic carbocycles. The van der Waals surface area contributed by atoms with Gasteiger partial charge in [0.25, 0.3) is 5.91 Å². The molecule has 3 aromatic rings. The highest BCUT2D eigenvalue weighted by Gasteiger charge is 2.41. The van der Waals surface area contributed by atoms with Gasteiger partial charge in [-0.1, -0.05) is 38.1 Å². The number of carbonyl (C=O) groups excluding carboxylic acids is 4. The van der Waals surface area contributed by atoms with Crippen LogP contribution in [0.15, 0.2) is 61.1 Å². The van der Waals surface area contributed by atoms with Crippen molar-refractivity contribution in [3.63, 3.8) is 0 Å². The maximum atomic E-state index is 14.1. The van der Waals surface area contributed by atoms with E-state index in [1.54, 1.807) is 23.1 Å². The zero-order valence-corrected chi connectivity index (χ0v) is 32.1. The summed E-state index contributed by atoms with van der Waals surface area (Å²) in [6.07, 6.45) is 3.79. The number of carbonyl (C=O) groups is 4. The van der Waals surface area contributed by atoms with Crippen LogP contribution in [-0.4, -0.2) is 82.4 Å². The number of para-hydroxylation sites is 1. The van der Waals surface area contributed by atoms with Crippen LogP contribution in [0.4, 0.5) is 16.2 Å². The van der Waals surface area contributed by atoms with Gasteiger partial charge in [0.15, 0.2) is 8.46 Å². The Kier molecular flexibility index (Phi) is 15.4. The molecular formula is C34H43BN6O11P2. The van der Waals surface area contributed by atoms with Gasteiger partial charge in [0.1, 0.15) is 5.69 Å². The van der Waals surface area contributed by atoms with Crippen LogP contribution in [0.2, 0.25) is 0 Å². The van der Waals surface area contributed by atoms with Crippen molar-refractivity contribution >= 4 is 58.4 Å². The summed E-state index contributed by atoms with van der Waals surface area (Å²) >= 11 is 0. The molecule has 4 amide bonds. The minimum Gasteiger partial charge on any atom is -0.449 e. The van der Waals surface area contributed by atoms with Crippen LogP contribution in [0.5, 0.6) is 0 Å². The molecule has 0 saturated heterocycles. The van der Waals surface area contributed by atoms with Gasteiger partial charge in [-0.15, -0.1) is 0 Å². The monoisotopic (exact) mass is 784 g/mol. The minimum atomic E-state index is -4.79. The lowest BCUT2D eigenvalue weighted by atomic mass is 9.72. The number of nitrogens with zero attached hydrogens (tertiary/aromatic N) is 4. The summed E-state index contributed by atoms with van der Waals surface area (Å²) < 4.78 is 40.2. The van der Waals surface area contributed by atoms with Crippen LogP contribution in [0.1, 0.15) is 60.3 Å². The summed E-state index contributed by atoms with van der Waals surface area (Å²) in [6.45, 7) is 5.72. The molecule has 2 atom stereocenters. The Hall–Kier alpha value is -4.57. The number of anilines is 2. The summed E-state index contributed by atoms with van der Waals surface area (Å²) in [5.74, 6) is -2.15. The fourth-order valence-electron chi connectivity index (χ4n) is 5.59. The largest absolute Gasteiger partial charge is 0.482 e. The first kappa shape index (κ1) is 42.2. The molecule has 0 radical (unpaired) electrons. The number of rotatable bonds is 16. The predicted octanol–water partition coefficient (Wildman–Crippen LogP) is 3.96. The van der Waals surface area contributed by atoms with E-state index in [4.69, 9.17) is 23.8 Å². The van der Waals surface area contributed by atoms with E-state index in [1.807, 2.05) is 50.4 Å². The van der Waals surface area contributed by atoms with E-state index >= 15 is 0 Å². The van der Waals surface area contributed by atoms with Crippen LogP contribution in [-0.2, 0) is 46.0 Å². The lowest BCUT2D eigenvalue weighted by molar-refractivity contribution is -0.121. The second-order valence-electron chi connectivity index (χ2n) is 12.9. The van der Waals surface area contributed by atoms with Gasteiger partial charge < -0.3 is 39.4 Å². The molecule has 1 aromatic heterocycles. The van der Waals surface area contributed by atoms with Gasteiger partial charge in [-0.25, -0.2) is 9.78 Å². The highest BCUT2D eigenvalue weighted by atomic mass is 31.2. The SMILES string of the molecule is Cc1ccccc1N(C(=O)CNC(=O)c1cnccn1)[C@H](CC(C)C)B1OCc2ccc(N(C)C(=O)OCCCC(=O)NC(P=O)P(=O)(O)O)cc2CO1. The van der Waals surface area contributed by atoms with Gasteiger partial charge in [0.2, 0.25) is 17.3 Å². The van der Waals surface area contributed by atoms with Gasteiger partial charge in [0, 0.05) is 37.2 Å². The second-order valence-corrected chi connectivity index (χ2v) is 15.7. The molecule has 1 aliphatic rings. The summed E-state index contributed by atoms with van der Waals surface area (Å²) in [5, 5.41) is 4.65. The Bertz CT molecular complexity index is 1850. The van der Waals surface area contributed by atoms with Crippen molar-refractivity contribution in [2.24, 2.45) is 5.92 Å². The zero-order chi connectivity index (χ0) is 39.4. The van der Waals surface area contributed by atoms with Crippen molar-refractivity contribution in [1.29, 1.82) is 0 Å². The molecule has 0 spiro atoms. The molecular weight excluding hydrogens is 741 g/mol. The topological polar surface area (TPSA) is 227 Å². The van der Waals surface area contributed by atoms with E-state index in [0.29, 0.717) is 17.8 Å². The van der Waals surface area contributed by atoms with Crippen molar-refractivity contribution in [1.82, 2.24) is 20.6 Å². The molecule has 54 heavy (non-hydrogen) atoms. The number of benzene rings is 2. The first-order valence-electron chi connectivity index (χ1n) is 17.0. The van der Waals surface area contributed by atoms with Crippen LogP contribution < -0.4 is 20.4 Å². The number of hydrogen-bond donors (Lipinski definition) is 4. The van der Waals surface area contributed by atoms with Crippen molar-refractivity contribution in [3.8, 4) is 0 Å². The number of aromatic nitrogens is 2. The summed E-state index contributed by atoms with van der Waals surface area (Å²) in [6, 6.07) is 12.7. The van der Waals surface area contributed by atoms with E-state index in [-0.39, 0.29) is 56.7 Å². The smallest absolute Gasteiger partial charge is 0.449 e. The third kappa shape index (κ3) is 11.7. The third-order valence-electron chi connectivity index (χ3n) is 8.34. The zero-order valence-electron chi connectivity index (χ0n) is 30.3. The molecule has 4 N–H and O–H groups in total. The Balaban J connectivity index is 1.44. The van der Waals surface area contributed by atoms with Crippen molar-refractivity contribution in [2.45, 2.75) is 64.7 Å². The van der Waals surface area contributed by atoms with Gasteiger partial charge in [0.05, 0.1) is 38.5 Å². The molecule has 0 fully saturated rings. The molecule has 1 unspecified atom stereocenters. The summed E-state index contributed by atoms with van der Waals surface area (Å²) in [4.78, 5) is 80.7. The molecule has 288 valence electrons. The Morgan fingerprint density at radius 2 is 1.80 bits per heavy atom. The van der Waals surface area contributed by atoms with Gasteiger partial charge in [-0.2, -0.15) is 0 Å². The van der Waals surface area contributed by atoms with Crippen LogP contribution in [0.3, 0.4) is 0 Å². The number of fused-ring (bicyclic) bond motifs is 1. The van der Waals surface area contributed by atoms with Crippen molar-refractivity contribution in [2.75, 3.05) is 30.0 Å². The number of hydrogen-bond acceptors (Lipinski definition) is 11. The average molecular weight is 785 g/mol. The summed E-state index contributed by atoms with van der Waals surface area (Å²) in [7, 11) is -5.07. The standard InChI is InChI=1S/C34H43BN6O11P2/c1-22(2)16-29(41(28-9-6-5-8-23(28)3)31(43)19-38-32(44)27-18-36-13-14-37-27)35-51-20-24-11-12-26(17-25(24)21-52-35)40(4)34(45)50-15-7-10-30(42)39-33(53-46)54(47,48)49/h5-6,8-9,11-14,17-18,22,29,33H,7,10,15-16,19-21H2,1-4H3,(H,38,44)(H,39,42)(H2,47,48,49)/t29-,33?/m1/s1. The first-order chi connectivity index (χ1) is 25.7. The van der Waals surface area contributed by atoms with Gasteiger partial charge in [-0.05, 0) is 60.6 Å². The van der Waals surface area contributed by atoms with E-state index in [0.717, 1.165) is 16.7 Å². The minimum absolute atomic E-state index is 0.0550. The third-order valence-corrected chi connectivity index (χ3v) is 10.6. The first-order valence-corrected chi connectivity index (χ1v) is 19.6. The highest BCUT2D eigenvalue weighted by Crippen LogP contribution is 2.44. The Morgan fingerprint density at radius 3 is 2.44 bits per heavy atom. The van der Waals surface area contributed by atoms with E-state index in [9.17, 15) is 28.3 Å². The molecule has 4 rings (SSSR count). The molecule has 2 aromatic carbocycles. The van der Waals surface area contributed by atoms with E-state index < -0.39 is 52.5 Å². The number of aryl methyl sites for hydroxylation is 1. The molecule has 20 heteroatoms. The maximum absolute atomic E-state index is 14.1. The fraction of sp³-hybridized carbons (Fsp3) is 0.412.